The number of amides is 1. The summed E-state index contributed by atoms with van der Waals surface area (Å²) in [6, 6.07) is 7.73. The average Bonchev–Trinajstić information content (AvgIpc) is 3.02. The molecule has 1 amide bonds. The van der Waals surface area contributed by atoms with Crippen LogP contribution < -0.4 is 16.3 Å². The van der Waals surface area contributed by atoms with E-state index in [4.69, 9.17) is 4.42 Å². The standard InChI is InChI=1S/C19H24N2O3/c1-19(2,3)18(23)21-16-15(20-12-8-4-5-9-12)13-10-6-7-11-14(13)24-17(16)22/h6-7,10-12,20H,4-5,8-9H2,1-3H3,(H,21,23). The van der Waals surface area contributed by atoms with Crippen molar-refractivity contribution in [3.05, 3.63) is 34.7 Å². The topological polar surface area (TPSA) is 71.3 Å². The van der Waals surface area contributed by atoms with Gasteiger partial charge in [0.25, 0.3) is 0 Å². The molecule has 0 unspecified atom stereocenters. The Morgan fingerprint density at radius 1 is 1.12 bits per heavy atom. The summed E-state index contributed by atoms with van der Waals surface area (Å²) in [6.45, 7) is 5.44. The second-order valence-electron chi connectivity index (χ2n) is 7.47. The number of anilines is 2. The highest BCUT2D eigenvalue weighted by atomic mass is 16.4. The lowest BCUT2D eigenvalue weighted by molar-refractivity contribution is -0.123. The summed E-state index contributed by atoms with van der Waals surface area (Å²) in [6.07, 6.45) is 4.50. The van der Waals surface area contributed by atoms with Crippen molar-refractivity contribution >= 4 is 28.3 Å². The van der Waals surface area contributed by atoms with Crippen LogP contribution in [0, 0.1) is 5.41 Å². The normalized spacial score (nSPS) is 15.6. The Kier molecular flexibility index (Phi) is 4.35. The molecule has 0 saturated heterocycles. The molecule has 1 aromatic heterocycles. The molecule has 0 spiro atoms. The highest BCUT2D eigenvalue weighted by Gasteiger charge is 2.26. The van der Waals surface area contributed by atoms with Gasteiger partial charge in [0.2, 0.25) is 5.91 Å². The number of benzene rings is 1. The van der Waals surface area contributed by atoms with Gasteiger partial charge in [-0.05, 0) is 25.0 Å². The van der Waals surface area contributed by atoms with E-state index >= 15 is 0 Å². The van der Waals surface area contributed by atoms with Gasteiger partial charge in [0.05, 0.1) is 5.69 Å². The Labute approximate surface area is 141 Å². The van der Waals surface area contributed by atoms with Gasteiger partial charge in [0.15, 0.2) is 5.69 Å². The molecule has 5 heteroatoms. The molecule has 0 bridgehead atoms. The zero-order valence-corrected chi connectivity index (χ0v) is 14.4. The molecule has 0 radical (unpaired) electrons. The third-order valence-electron chi connectivity index (χ3n) is 4.44. The van der Waals surface area contributed by atoms with Crippen LogP contribution in [0.5, 0.6) is 0 Å². The summed E-state index contributed by atoms with van der Waals surface area (Å²) in [5, 5.41) is 7.07. The maximum atomic E-state index is 12.5. The number of hydrogen-bond donors (Lipinski definition) is 2. The third kappa shape index (κ3) is 3.30. The van der Waals surface area contributed by atoms with Crippen molar-refractivity contribution in [3.63, 3.8) is 0 Å². The van der Waals surface area contributed by atoms with Crippen LogP contribution in [0.1, 0.15) is 46.5 Å². The lowest BCUT2D eigenvalue weighted by Gasteiger charge is -2.21. The number of carbonyl (C=O) groups excluding carboxylic acids is 1. The first-order chi connectivity index (χ1) is 11.4. The number of carbonyl (C=O) groups is 1. The van der Waals surface area contributed by atoms with E-state index in [0.29, 0.717) is 17.3 Å². The highest BCUT2D eigenvalue weighted by Crippen LogP contribution is 2.32. The molecule has 0 atom stereocenters. The van der Waals surface area contributed by atoms with Gasteiger partial charge in [0.1, 0.15) is 5.58 Å². The summed E-state index contributed by atoms with van der Waals surface area (Å²) in [4.78, 5) is 24.9. The van der Waals surface area contributed by atoms with Crippen LogP contribution in [-0.2, 0) is 4.79 Å². The van der Waals surface area contributed by atoms with E-state index < -0.39 is 11.0 Å². The summed E-state index contributed by atoms with van der Waals surface area (Å²) in [5.41, 5.74) is 0.290. The Bertz CT molecular complexity index is 811. The molecular formula is C19H24N2O3. The molecule has 5 nitrogen and oxygen atoms in total. The van der Waals surface area contributed by atoms with E-state index in [0.717, 1.165) is 18.2 Å². The van der Waals surface area contributed by atoms with E-state index in [-0.39, 0.29) is 11.6 Å². The monoisotopic (exact) mass is 328 g/mol. The first kappa shape index (κ1) is 16.6. The van der Waals surface area contributed by atoms with Gasteiger partial charge in [-0.2, -0.15) is 0 Å². The van der Waals surface area contributed by atoms with E-state index in [2.05, 4.69) is 10.6 Å². The van der Waals surface area contributed by atoms with Gasteiger partial charge in [-0.1, -0.05) is 45.7 Å². The minimum atomic E-state index is -0.595. The van der Waals surface area contributed by atoms with Crippen LogP contribution in [0.15, 0.2) is 33.5 Å². The van der Waals surface area contributed by atoms with Gasteiger partial charge in [-0.15, -0.1) is 0 Å². The minimum Gasteiger partial charge on any atom is -0.421 e. The van der Waals surface area contributed by atoms with Crippen molar-refractivity contribution in [2.75, 3.05) is 10.6 Å². The van der Waals surface area contributed by atoms with Crippen LogP contribution in [0.3, 0.4) is 0 Å². The molecule has 2 N–H and O–H groups in total. The van der Waals surface area contributed by atoms with Crippen LogP contribution in [-0.4, -0.2) is 11.9 Å². The van der Waals surface area contributed by atoms with Crippen LogP contribution in [0.25, 0.3) is 11.0 Å². The summed E-state index contributed by atoms with van der Waals surface area (Å²) < 4.78 is 5.40. The Morgan fingerprint density at radius 2 is 1.79 bits per heavy atom. The molecule has 0 aliphatic heterocycles. The predicted octanol–water partition coefficient (Wildman–Crippen LogP) is 4.13. The fourth-order valence-corrected chi connectivity index (χ4v) is 2.99. The van der Waals surface area contributed by atoms with Gasteiger partial charge >= 0.3 is 5.63 Å². The lowest BCUT2D eigenvalue weighted by atomic mass is 9.95. The zero-order chi connectivity index (χ0) is 17.3. The minimum absolute atomic E-state index is 0.209. The van der Waals surface area contributed by atoms with Crippen molar-refractivity contribution < 1.29 is 9.21 Å². The maximum absolute atomic E-state index is 12.5. The number of fused-ring (bicyclic) bond motifs is 1. The van der Waals surface area contributed by atoms with E-state index in [1.54, 1.807) is 6.07 Å². The van der Waals surface area contributed by atoms with E-state index in [1.165, 1.54) is 12.8 Å². The molecule has 3 rings (SSSR count). The molecule has 2 aromatic rings. The Hall–Kier alpha value is -2.30. The summed E-state index contributed by atoms with van der Waals surface area (Å²) in [7, 11) is 0. The average molecular weight is 328 g/mol. The van der Waals surface area contributed by atoms with Crippen LogP contribution in [0.4, 0.5) is 11.4 Å². The molecule has 128 valence electrons. The SMILES string of the molecule is CC(C)(C)C(=O)Nc1c(NC2CCCC2)c2ccccc2oc1=O. The van der Waals surface area contributed by atoms with Crippen LogP contribution >= 0.6 is 0 Å². The molecular weight excluding hydrogens is 304 g/mol. The van der Waals surface area contributed by atoms with Crippen molar-refractivity contribution in [3.8, 4) is 0 Å². The van der Waals surface area contributed by atoms with Gasteiger partial charge < -0.3 is 15.1 Å². The molecule has 1 aliphatic rings. The van der Waals surface area contributed by atoms with Gasteiger partial charge in [-0.3, -0.25) is 4.79 Å². The van der Waals surface area contributed by atoms with Crippen molar-refractivity contribution in [1.29, 1.82) is 0 Å². The second kappa shape index (κ2) is 6.30. The second-order valence-corrected chi connectivity index (χ2v) is 7.47. The number of nitrogens with one attached hydrogen (secondary N) is 2. The molecule has 1 aromatic carbocycles. The van der Waals surface area contributed by atoms with Crippen LogP contribution in [0.2, 0.25) is 0 Å². The number of para-hydroxylation sites is 1. The first-order valence-corrected chi connectivity index (χ1v) is 8.50. The smallest absolute Gasteiger partial charge is 0.362 e. The quantitative estimate of drug-likeness (QED) is 0.831. The fraction of sp³-hybridized carbons (Fsp3) is 0.474. The Balaban J connectivity index is 2.09. The fourth-order valence-electron chi connectivity index (χ4n) is 2.99. The van der Waals surface area contributed by atoms with Crippen molar-refractivity contribution in [1.82, 2.24) is 0 Å². The van der Waals surface area contributed by atoms with Gasteiger partial charge in [0, 0.05) is 16.8 Å². The largest absolute Gasteiger partial charge is 0.421 e. The first-order valence-electron chi connectivity index (χ1n) is 8.50. The predicted molar refractivity (Wildman–Crippen MR) is 96.4 cm³/mol. The molecule has 1 fully saturated rings. The summed E-state index contributed by atoms with van der Waals surface area (Å²) >= 11 is 0. The Morgan fingerprint density at radius 3 is 2.46 bits per heavy atom. The highest BCUT2D eigenvalue weighted by molar-refractivity contribution is 6.03. The molecule has 24 heavy (non-hydrogen) atoms. The zero-order valence-electron chi connectivity index (χ0n) is 14.4. The maximum Gasteiger partial charge on any atom is 0.362 e. The molecule has 1 heterocycles. The molecule has 1 aliphatic carbocycles. The van der Waals surface area contributed by atoms with Gasteiger partial charge in [-0.25, -0.2) is 4.79 Å². The number of hydrogen-bond acceptors (Lipinski definition) is 4. The summed E-state index contributed by atoms with van der Waals surface area (Å²) in [5.74, 6) is -0.209. The number of rotatable bonds is 3. The van der Waals surface area contributed by atoms with Crippen molar-refractivity contribution in [2.24, 2.45) is 5.41 Å². The third-order valence-corrected chi connectivity index (χ3v) is 4.44. The lowest BCUT2D eigenvalue weighted by Crippen LogP contribution is -2.31. The van der Waals surface area contributed by atoms with Crippen molar-refractivity contribution in [2.45, 2.75) is 52.5 Å². The van der Waals surface area contributed by atoms with E-state index in [9.17, 15) is 9.59 Å². The van der Waals surface area contributed by atoms with E-state index in [1.807, 2.05) is 39.0 Å². The molecule has 1 saturated carbocycles.